The standard InChI is InChI=1S/C17H25N3/c1-12(2)16(18)15-10-19-11-20(15)14-8-6-13(7-9-14)17(3,4)5/h6-12,16H,18H2,1-5H3. The van der Waals surface area contributed by atoms with Crippen LogP contribution in [0.4, 0.5) is 0 Å². The van der Waals surface area contributed by atoms with Crippen LogP contribution in [-0.4, -0.2) is 9.55 Å². The minimum absolute atomic E-state index is 0.000192. The van der Waals surface area contributed by atoms with Crippen LogP contribution in [0.25, 0.3) is 5.69 Å². The highest BCUT2D eigenvalue weighted by molar-refractivity contribution is 5.38. The molecule has 0 aliphatic heterocycles. The van der Waals surface area contributed by atoms with Crippen LogP contribution in [0, 0.1) is 5.92 Å². The van der Waals surface area contributed by atoms with Gasteiger partial charge in [0.15, 0.2) is 0 Å². The van der Waals surface area contributed by atoms with Crippen molar-refractivity contribution in [3.8, 4) is 5.69 Å². The lowest BCUT2D eigenvalue weighted by molar-refractivity contribution is 0.497. The summed E-state index contributed by atoms with van der Waals surface area (Å²) in [7, 11) is 0. The molecule has 3 nitrogen and oxygen atoms in total. The molecule has 1 aromatic carbocycles. The highest BCUT2D eigenvalue weighted by Gasteiger charge is 2.17. The summed E-state index contributed by atoms with van der Waals surface area (Å²) in [6.07, 6.45) is 3.70. The second-order valence-corrected chi connectivity index (χ2v) is 6.76. The molecule has 0 bridgehead atoms. The number of benzene rings is 1. The number of hydrogen-bond acceptors (Lipinski definition) is 2. The molecule has 2 aromatic rings. The summed E-state index contributed by atoms with van der Waals surface area (Å²) in [5.41, 5.74) is 9.93. The maximum absolute atomic E-state index is 6.26. The summed E-state index contributed by atoms with van der Waals surface area (Å²) in [5.74, 6) is 0.388. The van der Waals surface area contributed by atoms with E-state index >= 15 is 0 Å². The van der Waals surface area contributed by atoms with Crippen molar-refractivity contribution in [3.63, 3.8) is 0 Å². The van der Waals surface area contributed by atoms with Crippen LogP contribution < -0.4 is 5.73 Å². The molecule has 0 amide bonds. The van der Waals surface area contributed by atoms with Crippen molar-refractivity contribution < 1.29 is 0 Å². The van der Waals surface area contributed by atoms with Gasteiger partial charge in [-0.25, -0.2) is 4.98 Å². The molecule has 0 saturated heterocycles. The highest BCUT2D eigenvalue weighted by Crippen LogP contribution is 2.25. The van der Waals surface area contributed by atoms with Gasteiger partial charge in [0, 0.05) is 11.7 Å². The lowest BCUT2D eigenvalue weighted by atomic mass is 9.87. The predicted molar refractivity (Wildman–Crippen MR) is 84.0 cm³/mol. The Morgan fingerprint density at radius 1 is 1.10 bits per heavy atom. The van der Waals surface area contributed by atoms with Gasteiger partial charge in [-0.3, -0.25) is 0 Å². The fourth-order valence-electron chi connectivity index (χ4n) is 2.23. The summed E-state index contributed by atoms with van der Waals surface area (Å²) in [4.78, 5) is 4.26. The topological polar surface area (TPSA) is 43.8 Å². The van der Waals surface area contributed by atoms with E-state index in [1.807, 2.05) is 12.5 Å². The van der Waals surface area contributed by atoms with Crippen molar-refractivity contribution >= 4 is 0 Å². The Kier molecular flexibility index (Phi) is 4.00. The summed E-state index contributed by atoms with van der Waals surface area (Å²) in [6, 6.07) is 8.64. The third-order valence-electron chi connectivity index (χ3n) is 3.74. The molecule has 1 aromatic heterocycles. The SMILES string of the molecule is CC(C)C(N)c1cncn1-c1ccc(C(C)(C)C)cc1. The van der Waals surface area contributed by atoms with Crippen LogP contribution in [0.3, 0.4) is 0 Å². The van der Waals surface area contributed by atoms with Crippen molar-refractivity contribution in [1.82, 2.24) is 9.55 Å². The van der Waals surface area contributed by atoms with E-state index in [0.29, 0.717) is 5.92 Å². The largest absolute Gasteiger partial charge is 0.322 e. The first-order chi connectivity index (χ1) is 9.30. The minimum Gasteiger partial charge on any atom is -0.322 e. The van der Waals surface area contributed by atoms with Crippen molar-refractivity contribution in [2.45, 2.75) is 46.1 Å². The molecule has 2 rings (SSSR count). The Hall–Kier alpha value is -1.61. The van der Waals surface area contributed by atoms with Crippen LogP contribution >= 0.6 is 0 Å². The average Bonchev–Trinajstić information content (AvgIpc) is 2.85. The van der Waals surface area contributed by atoms with E-state index < -0.39 is 0 Å². The van der Waals surface area contributed by atoms with E-state index in [2.05, 4.69) is 68.4 Å². The maximum atomic E-state index is 6.26. The minimum atomic E-state index is -0.000192. The number of nitrogens with zero attached hydrogens (tertiary/aromatic N) is 2. The van der Waals surface area contributed by atoms with Crippen LogP contribution in [0.15, 0.2) is 36.8 Å². The zero-order valence-corrected chi connectivity index (χ0v) is 13.1. The Balaban J connectivity index is 2.36. The number of aromatic nitrogens is 2. The van der Waals surface area contributed by atoms with Crippen molar-refractivity contribution in [3.05, 3.63) is 48.0 Å². The summed E-state index contributed by atoms with van der Waals surface area (Å²) >= 11 is 0. The van der Waals surface area contributed by atoms with E-state index in [1.54, 1.807) is 0 Å². The van der Waals surface area contributed by atoms with Crippen LogP contribution in [0.1, 0.15) is 51.9 Å². The van der Waals surface area contributed by atoms with E-state index in [1.165, 1.54) is 5.56 Å². The third-order valence-corrected chi connectivity index (χ3v) is 3.74. The van der Waals surface area contributed by atoms with E-state index in [-0.39, 0.29) is 11.5 Å². The molecule has 0 aliphatic carbocycles. The average molecular weight is 271 g/mol. The first kappa shape index (κ1) is 14.8. The third kappa shape index (κ3) is 2.93. The second-order valence-electron chi connectivity index (χ2n) is 6.76. The van der Waals surface area contributed by atoms with Gasteiger partial charge in [0.25, 0.3) is 0 Å². The van der Waals surface area contributed by atoms with Gasteiger partial charge in [0.05, 0.1) is 18.2 Å². The van der Waals surface area contributed by atoms with E-state index in [0.717, 1.165) is 11.4 Å². The smallest absolute Gasteiger partial charge is 0.0994 e. The Morgan fingerprint density at radius 2 is 1.70 bits per heavy atom. The fourth-order valence-corrected chi connectivity index (χ4v) is 2.23. The summed E-state index contributed by atoms with van der Waals surface area (Å²) in [6.45, 7) is 10.9. The lowest BCUT2D eigenvalue weighted by Gasteiger charge is -2.21. The first-order valence-electron chi connectivity index (χ1n) is 7.19. The number of hydrogen-bond donors (Lipinski definition) is 1. The van der Waals surface area contributed by atoms with Gasteiger partial charge in [-0.2, -0.15) is 0 Å². The van der Waals surface area contributed by atoms with E-state index in [4.69, 9.17) is 5.73 Å². The monoisotopic (exact) mass is 271 g/mol. The Labute approximate surface area is 121 Å². The molecule has 0 spiro atoms. The molecule has 1 heterocycles. The van der Waals surface area contributed by atoms with Crippen molar-refractivity contribution in [2.24, 2.45) is 11.7 Å². The predicted octanol–water partition coefficient (Wildman–Crippen LogP) is 3.83. The molecule has 2 N–H and O–H groups in total. The van der Waals surface area contributed by atoms with Gasteiger partial charge < -0.3 is 10.3 Å². The van der Waals surface area contributed by atoms with Crippen LogP contribution in [-0.2, 0) is 5.41 Å². The molecule has 3 heteroatoms. The molecule has 20 heavy (non-hydrogen) atoms. The van der Waals surface area contributed by atoms with Gasteiger partial charge in [0.2, 0.25) is 0 Å². The summed E-state index contributed by atoms with van der Waals surface area (Å²) < 4.78 is 2.08. The molecular weight excluding hydrogens is 246 g/mol. The molecule has 108 valence electrons. The summed E-state index contributed by atoms with van der Waals surface area (Å²) in [5, 5.41) is 0. The quantitative estimate of drug-likeness (QED) is 0.922. The normalized spacial score (nSPS) is 13.8. The first-order valence-corrected chi connectivity index (χ1v) is 7.19. The highest BCUT2D eigenvalue weighted by atomic mass is 15.1. The van der Waals surface area contributed by atoms with Gasteiger partial charge in [0.1, 0.15) is 0 Å². The zero-order valence-electron chi connectivity index (χ0n) is 13.1. The zero-order chi connectivity index (χ0) is 14.9. The van der Waals surface area contributed by atoms with Crippen molar-refractivity contribution in [2.75, 3.05) is 0 Å². The van der Waals surface area contributed by atoms with Crippen LogP contribution in [0.5, 0.6) is 0 Å². The number of rotatable bonds is 3. The van der Waals surface area contributed by atoms with Gasteiger partial charge in [-0.15, -0.1) is 0 Å². The molecule has 0 radical (unpaired) electrons. The van der Waals surface area contributed by atoms with Gasteiger partial charge in [-0.1, -0.05) is 46.8 Å². The molecular formula is C17H25N3. The van der Waals surface area contributed by atoms with Crippen LogP contribution in [0.2, 0.25) is 0 Å². The number of imidazole rings is 1. The van der Waals surface area contributed by atoms with Gasteiger partial charge >= 0.3 is 0 Å². The fraction of sp³-hybridized carbons (Fsp3) is 0.471. The van der Waals surface area contributed by atoms with E-state index in [9.17, 15) is 0 Å². The van der Waals surface area contributed by atoms with Gasteiger partial charge in [-0.05, 0) is 29.0 Å². The Morgan fingerprint density at radius 3 is 2.20 bits per heavy atom. The maximum Gasteiger partial charge on any atom is 0.0994 e. The second kappa shape index (κ2) is 5.41. The molecule has 0 aliphatic rings. The lowest BCUT2D eigenvalue weighted by Crippen LogP contribution is -2.20. The molecule has 0 fully saturated rings. The number of nitrogens with two attached hydrogens (primary N) is 1. The molecule has 0 saturated carbocycles. The molecule has 1 atom stereocenters. The molecule has 1 unspecified atom stereocenters. The van der Waals surface area contributed by atoms with Crippen molar-refractivity contribution in [1.29, 1.82) is 0 Å². The Bertz CT molecular complexity index is 559.